The van der Waals surface area contributed by atoms with E-state index in [0.29, 0.717) is 15.7 Å². The summed E-state index contributed by atoms with van der Waals surface area (Å²) in [5, 5.41) is 3.45. The van der Waals surface area contributed by atoms with Gasteiger partial charge in [-0.1, -0.05) is 36.0 Å². The second kappa shape index (κ2) is 7.11. The summed E-state index contributed by atoms with van der Waals surface area (Å²) in [5.41, 5.74) is 0.530. The Morgan fingerprint density at radius 2 is 1.71 bits per heavy atom. The highest BCUT2D eigenvalue weighted by molar-refractivity contribution is 6.42. The lowest BCUT2D eigenvalue weighted by Crippen LogP contribution is -2.34. The first-order valence-electron chi connectivity index (χ1n) is 8.07. The van der Waals surface area contributed by atoms with Crippen LogP contribution in [0.3, 0.4) is 0 Å². The highest BCUT2D eigenvalue weighted by Gasteiger charge is 2.47. The Kier molecular flexibility index (Phi) is 5.11. The van der Waals surface area contributed by atoms with Gasteiger partial charge < -0.3 is 5.32 Å². The smallest absolute Gasteiger partial charge is 0.233 e. The third-order valence-electron chi connectivity index (χ3n) is 4.70. The summed E-state index contributed by atoms with van der Waals surface area (Å²) in [6.45, 7) is 0.123. The summed E-state index contributed by atoms with van der Waals surface area (Å²) in [4.78, 5) is 38.0. The number of nitrogens with one attached hydrogen (secondary N) is 1. The molecule has 2 fully saturated rings. The minimum Gasteiger partial charge on any atom is -0.326 e. The predicted octanol–water partition coefficient (Wildman–Crippen LogP) is 3.50. The number of rotatable bonds is 4. The zero-order chi connectivity index (χ0) is 17.3. The van der Waals surface area contributed by atoms with Gasteiger partial charge in [-0.2, -0.15) is 0 Å². The van der Waals surface area contributed by atoms with Gasteiger partial charge in [-0.3, -0.25) is 19.3 Å². The molecular formula is C17H18Cl2N2O3. The molecule has 0 radical (unpaired) electrons. The zero-order valence-electron chi connectivity index (χ0n) is 13.1. The predicted molar refractivity (Wildman–Crippen MR) is 91.9 cm³/mol. The topological polar surface area (TPSA) is 66.5 Å². The summed E-state index contributed by atoms with van der Waals surface area (Å²) in [7, 11) is 0. The van der Waals surface area contributed by atoms with Crippen molar-refractivity contribution in [3.63, 3.8) is 0 Å². The third kappa shape index (κ3) is 3.42. The average molecular weight is 369 g/mol. The van der Waals surface area contributed by atoms with E-state index in [2.05, 4.69) is 5.32 Å². The van der Waals surface area contributed by atoms with Gasteiger partial charge in [0.1, 0.15) is 0 Å². The molecule has 1 saturated carbocycles. The fraction of sp³-hybridized carbons (Fsp3) is 0.471. The second-order valence-corrected chi connectivity index (χ2v) is 7.07. The molecule has 0 unspecified atom stereocenters. The van der Waals surface area contributed by atoms with Crippen LogP contribution in [0, 0.1) is 11.8 Å². The van der Waals surface area contributed by atoms with Crippen LogP contribution in [0.25, 0.3) is 0 Å². The van der Waals surface area contributed by atoms with Gasteiger partial charge in [0, 0.05) is 18.7 Å². The van der Waals surface area contributed by atoms with E-state index < -0.39 is 0 Å². The van der Waals surface area contributed by atoms with Crippen molar-refractivity contribution in [2.45, 2.75) is 32.1 Å². The summed E-state index contributed by atoms with van der Waals surface area (Å²) >= 11 is 11.7. The van der Waals surface area contributed by atoms with E-state index in [-0.39, 0.29) is 42.5 Å². The van der Waals surface area contributed by atoms with Gasteiger partial charge in [-0.25, -0.2) is 0 Å². The van der Waals surface area contributed by atoms with Crippen molar-refractivity contribution in [3.05, 3.63) is 28.2 Å². The van der Waals surface area contributed by atoms with E-state index in [0.717, 1.165) is 25.7 Å². The van der Waals surface area contributed by atoms with Crippen LogP contribution < -0.4 is 5.32 Å². The van der Waals surface area contributed by atoms with E-state index >= 15 is 0 Å². The van der Waals surface area contributed by atoms with Crippen molar-refractivity contribution in [2.75, 3.05) is 11.9 Å². The number of carbonyl (C=O) groups is 3. The van der Waals surface area contributed by atoms with Crippen LogP contribution in [-0.2, 0) is 14.4 Å². The highest BCUT2D eigenvalue weighted by Crippen LogP contribution is 2.38. The Balaban J connectivity index is 1.57. The number of halogens is 2. The summed E-state index contributed by atoms with van der Waals surface area (Å²) in [6, 6.07) is 4.80. The van der Waals surface area contributed by atoms with E-state index in [1.165, 1.54) is 4.90 Å². The fourth-order valence-electron chi connectivity index (χ4n) is 3.46. The van der Waals surface area contributed by atoms with Gasteiger partial charge in [-0.05, 0) is 31.0 Å². The first kappa shape index (κ1) is 17.2. The summed E-state index contributed by atoms with van der Waals surface area (Å²) in [6.07, 6.45) is 3.61. The van der Waals surface area contributed by atoms with E-state index in [1.54, 1.807) is 18.2 Å². The Morgan fingerprint density at radius 1 is 1.08 bits per heavy atom. The van der Waals surface area contributed by atoms with Gasteiger partial charge in [0.15, 0.2) is 0 Å². The molecule has 1 saturated heterocycles. The highest BCUT2D eigenvalue weighted by atomic mass is 35.5. The molecule has 1 aliphatic heterocycles. The molecule has 1 N–H and O–H groups in total. The van der Waals surface area contributed by atoms with Crippen molar-refractivity contribution in [3.8, 4) is 0 Å². The second-order valence-electron chi connectivity index (χ2n) is 6.25. The van der Waals surface area contributed by atoms with Crippen LogP contribution in [0.4, 0.5) is 5.69 Å². The first-order valence-corrected chi connectivity index (χ1v) is 8.83. The van der Waals surface area contributed by atoms with Crippen LogP contribution in [0.15, 0.2) is 18.2 Å². The molecule has 2 aliphatic rings. The standard InChI is InChI=1S/C17H18Cl2N2O3/c18-13-6-5-10(9-14(13)19)20-15(22)7-8-21-16(23)11-3-1-2-4-12(11)17(21)24/h5-6,9,11-12H,1-4,7-8H2,(H,20,22)/t11-,12-/m0/s1. The van der Waals surface area contributed by atoms with Gasteiger partial charge >= 0.3 is 0 Å². The first-order chi connectivity index (χ1) is 11.5. The molecule has 1 aromatic rings. The van der Waals surface area contributed by atoms with Gasteiger partial charge in [-0.15, -0.1) is 0 Å². The molecule has 0 aromatic heterocycles. The van der Waals surface area contributed by atoms with Crippen LogP contribution in [0.2, 0.25) is 10.0 Å². The van der Waals surface area contributed by atoms with Crippen molar-refractivity contribution in [2.24, 2.45) is 11.8 Å². The molecule has 128 valence electrons. The number of fused-ring (bicyclic) bond motifs is 1. The third-order valence-corrected chi connectivity index (χ3v) is 5.44. The molecule has 2 atom stereocenters. The summed E-state index contributed by atoms with van der Waals surface area (Å²) < 4.78 is 0. The number of hydrogen-bond donors (Lipinski definition) is 1. The maximum atomic E-state index is 12.3. The number of nitrogens with zero attached hydrogens (tertiary/aromatic N) is 1. The maximum Gasteiger partial charge on any atom is 0.233 e. The SMILES string of the molecule is O=C(CCN1C(=O)[C@H]2CCCC[C@@H]2C1=O)Nc1ccc(Cl)c(Cl)c1. The van der Waals surface area contributed by atoms with Crippen molar-refractivity contribution >= 4 is 46.6 Å². The Morgan fingerprint density at radius 3 is 2.29 bits per heavy atom. The molecule has 3 rings (SSSR count). The van der Waals surface area contributed by atoms with Crippen LogP contribution in [0.5, 0.6) is 0 Å². The number of amides is 3. The summed E-state index contributed by atoms with van der Waals surface area (Å²) in [5.74, 6) is -0.864. The quantitative estimate of drug-likeness (QED) is 0.827. The number of carbonyl (C=O) groups excluding carboxylic acids is 3. The lowest BCUT2D eigenvalue weighted by Gasteiger charge is -2.19. The van der Waals surface area contributed by atoms with Crippen LogP contribution in [-0.4, -0.2) is 29.2 Å². The monoisotopic (exact) mass is 368 g/mol. The molecule has 7 heteroatoms. The lowest BCUT2D eigenvalue weighted by atomic mass is 9.81. The minimum atomic E-state index is -0.274. The Labute approximate surface area is 150 Å². The minimum absolute atomic E-state index is 0.0666. The number of imide groups is 1. The Hall–Kier alpha value is -1.59. The average Bonchev–Trinajstić information content (AvgIpc) is 2.81. The molecule has 24 heavy (non-hydrogen) atoms. The number of hydrogen-bond acceptors (Lipinski definition) is 3. The molecular weight excluding hydrogens is 351 g/mol. The number of likely N-dealkylation sites (tertiary alicyclic amines) is 1. The molecule has 1 aliphatic carbocycles. The van der Waals surface area contributed by atoms with E-state index in [1.807, 2.05) is 0 Å². The zero-order valence-corrected chi connectivity index (χ0v) is 14.6. The Bertz CT molecular complexity index is 668. The van der Waals surface area contributed by atoms with Gasteiger partial charge in [0.05, 0.1) is 21.9 Å². The molecule has 0 spiro atoms. The van der Waals surface area contributed by atoms with E-state index in [9.17, 15) is 14.4 Å². The van der Waals surface area contributed by atoms with Crippen LogP contribution in [0.1, 0.15) is 32.1 Å². The van der Waals surface area contributed by atoms with Crippen molar-refractivity contribution < 1.29 is 14.4 Å². The molecule has 1 aromatic carbocycles. The van der Waals surface area contributed by atoms with Crippen LogP contribution >= 0.6 is 23.2 Å². The van der Waals surface area contributed by atoms with Crippen molar-refractivity contribution in [1.82, 2.24) is 4.90 Å². The number of benzene rings is 1. The lowest BCUT2D eigenvalue weighted by molar-refractivity contribution is -0.140. The fourth-order valence-corrected chi connectivity index (χ4v) is 3.76. The molecule has 1 heterocycles. The van der Waals surface area contributed by atoms with Gasteiger partial charge in [0.2, 0.25) is 17.7 Å². The largest absolute Gasteiger partial charge is 0.326 e. The normalized spacial score (nSPS) is 23.3. The molecule has 0 bridgehead atoms. The van der Waals surface area contributed by atoms with E-state index in [4.69, 9.17) is 23.2 Å². The van der Waals surface area contributed by atoms with Crippen molar-refractivity contribution in [1.29, 1.82) is 0 Å². The number of anilines is 1. The molecule has 3 amide bonds. The van der Waals surface area contributed by atoms with Gasteiger partial charge in [0.25, 0.3) is 0 Å². The maximum absolute atomic E-state index is 12.3. The molecule has 5 nitrogen and oxygen atoms in total.